The van der Waals surface area contributed by atoms with E-state index < -0.39 is 23.7 Å². The number of nitrogens with zero attached hydrogens (tertiary/aromatic N) is 1. The van der Waals surface area contributed by atoms with E-state index in [4.69, 9.17) is 21.1 Å². The number of hydrogen-bond donors (Lipinski definition) is 1. The maximum Gasteiger partial charge on any atom is 0.335 e. The van der Waals surface area contributed by atoms with E-state index in [1.54, 1.807) is 18.2 Å². The van der Waals surface area contributed by atoms with Crippen LogP contribution in [0, 0.1) is 5.82 Å². The lowest BCUT2D eigenvalue weighted by Gasteiger charge is -2.26. The molecule has 1 N–H and O–H groups in total. The second-order valence-electron chi connectivity index (χ2n) is 7.35. The average molecular weight is 560 g/mol. The molecular formula is C25H17BrClFN2O5. The Morgan fingerprint density at radius 1 is 1.09 bits per heavy atom. The summed E-state index contributed by atoms with van der Waals surface area (Å²) in [5.41, 5.74) is 0.882. The summed E-state index contributed by atoms with van der Waals surface area (Å²) in [6.45, 7) is 0.181. The second-order valence-corrected chi connectivity index (χ2v) is 8.61. The van der Waals surface area contributed by atoms with E-state index in [1.807, 2.05) is 18.2 Å². The first kappa shape index (κ1) is 24.4. The van der Waals surface area contributed by atoms with Gasteiger partial charge < -0.3 is 9.47 Å². The third-order valence-electron chi connectivity index (χ3n) is 5.06. The Morgan fingerprint density at radius 2 is 1.86 bits per heavy atom. The van der Waals surface area contributed by atoms with Crippen LogP contribution in [0.25, 0.3) is 6.08 Å². The largest absolute Gasteiger partial charge is 0.493 e. The number of methoxy groups -OCH3 is 1. The van der Waals surface area contributed by atoms with Crippen LogP contribution < -0.4 is 19.7 Å². The molecule has 178 valence electrons. The van der Waals surface area contributed by atoms with Crippen molar-refractivity contribution in [2.75, 3.05) is 12.0 Å². The van der Waals surface area contributed by atoms with E-state index in [-0.39, 0.29) is 17.9 Å². The van der Waals surface area contributed by atoms with Crippen molar-refractivity contribution in [1.82, 2.24) is 5.32 Å². The minimum atomic E-state index is -0.968. The molecule has 1 heterocycles. The standard InChI is InChI=1S/C25H17BrClFN2O5/c1-34-21-11-14(10-19(26)22(21)35-13-15-5-2-3-8-20(15)27)9-18-23(31)29-25(33)30(24(18)32)17-7-4-6-16(28)12-17/h2-12H,13H2,1H3,(H,29,31,33)/b18-9-. The SMILES string of the molecule is COc1cc(/C=C2/C(=O)NC(=O)N(c3cccc(F)c3)C2=O)cc(Br)c1OCc1ccccc1Cl. The molecule has 4 amide bonds. The number of anilines is 1. The van der Waals surface area contributed by atoms with Gasteiger partial charge in [0.05, 0.1) is 17.3 Å². The highest BCUT2D eigenvalue weighted by atomic mass is 79.9. The first-order chi connectivity index (χ1) is 16.8. The Morgan fingerprint density at radius 3 is 2.57 bits per heavy atom. The molecule has 0 atom stereocenters. The van der Waals surface area contributed by atoms with Crippen LogP contribution in [0.15, 0.2) is 70.7 Å². The molecule has 1 saturated heterocycles. The topological polar surface area (TPSA) is 84.9 Å². The maximum absolute atomic E-state index is 13.7. The second kappa shape index (κ2) is 10.3. The van der Waals surface area contributed by atoms with Crippen molar-refractivity contribution in [3.63, 3.8) is 0 Å². The molecular weight excluding hydrogens is 543 g/mol. The van der Waals surface area contributed by atoms with Crippen LogP contribution in [-0.2, 0) is 16.2 Å². The predicted molar refractivity (Wildman–Crippen MR) is 132 cm³/mol. The van der Waals surface area contributed by atoms with Gasteiger partial charge in [-0.3, -0.25) is 14.9 Å². The zero-order valence-corrected chi connectivity index (χ0v) is 20.5. The van der Waals surface area contributed by atoms with Gasteiger partial charge in [0.2, 0.25) is 0 Å². The smallest absolute Gasteiger partial charge is 0.335 e. The minimum absolute atomic E-state index is 0.00650. The van der Waals surface area contributed by atoms with E-state index in [1.165, 1.54) is 31.4 Å². The lowest BCUT2D eigenvalue weighted by Crippen LogP contribution is -2.54. The van der Waals surface area contributed by atoms with Gasteiger partial charge in [-0.1, -0.05) is 35.9 Å². The van der Waals surface area contributed by atoms with Crippen molar-refractivity contribution in [1.29, 1.82) is 0 Å². The Balaban J connectivity index is 1.65. The van der Waals surface area contributed by atoms with Crippen LogP contribution in [-0.4, -0.2) is 25.0 Å². The summed E-state index contributed by atoms with van der Waals surface area (Å²) in [5.74, 6) is -1.67. The predicted octanol–water partition coefficient (Wildman–Crippen LogP) is 5.50. The van der Waals surface area contributed by atoms with Crippen molar-refractivity contribution in [2.45, 2.75) is 6.61 Å². The van der Waals surface area contributed by atoms with Crippen molar-refractivity contribution in [2.24, 2.45) is 0 Å². The summed E-state index contributed by atoms with van der Waals surface area (Å²) in [7, 11) is 1.45. The number of benzene rings is 3. The molecule has 10 heteroatoms. The summed E-state index contributed by atoms with van der Waals surface area (Å²) in [6.07, 6.45) is 1.31. The van der Waals surface area contributed by atoms with Gasteiger partial charge in [-0.15, -0.1) is 0 Å². The van der Waals surface area contributed by atoms with E-state index in [0.717, 1.165) is 11.6 Å². The van der Waals surface area contributed by atoms with Gasteiger partial charge >= 0.3 is 6.03 Å². The number of amides is 4. The summed E-state index contributed by atoms with van der Waals surface area (Å²) in [6, 6.07) is 14.4. The fraction of sp³-hybridized carbons (Fsp3) is 0.0800. The number of carbonyl (C=O) groups excluding carboxylic acids is 3. The maximum atomic E-state index is 13.7. The fourth-order valence-electron chi connectivity index (χ4n) is 3.40. The number of urea groups is 1. The molecule has 0 radical (unpaired) electrons. The Hall–Kier alpha value is -3.69. The number of carbonyl (C=O) groups is 3. The van der Waals surface area contributed by atoms with Gasteiger partial charge in [-0.2, -0.15) is 0 Å². The molecule has 0 saturated carbocycles. The van der Waals surface area contributed by atoms with Crippen LogP contribution >= 0.6 is 27.5 Å². The van der Waals surface area contributed by atoms with Gasteiger partial charge in [0.1, 0.15) is 18.0 Å². The molecule has 1 aliphatic rings. The Labute approximate surface area is 213 Å². The van der Waals surface area contributed by atoms with E-state index >= 15 is 0 Å². The number of ether oxygens (including phenoxy) is 2. The highest BCUT2D eigenvalue weighted by Gasteiger charge is 2.37. The number of halogens is 3. The molecule has 4 rings (SSSR count). The first-order valence-electron chi connectivity index (χ1n) is 10.2. The molecule has 35 heavy (non-hydrogen) atoms. The van der Waals surface area contributed by atoms with Gasteiger partial charge in [-0.25, -0.2) is 14.1 Å². The Kier molecular flexibility index (Phi) is 7.18. The lowest BCUT2D eigenvalue weighted by atomic mass is 10.1. The van der Waals surface area contributed by atoms with Crippen molar-refractivity contribution >= 4 is 57.1 Å². The van der Waals surface area contributed by atoms with E-state index in [0.29, 0.717) is 31.5 Å². The molecule has 0 spiro atoms. The van der Waals surface area contributed by atoms with Crippen molar-refractivity contribution in [3.05, 3.63) is 92.7 Å². The molecule has 0 bridgehead atoms. The van der Waals surface area contributed by atoms with Gasteiger partial charge in [-0.05, 0) is 64.0 Å². The molecule has 7 nitrogen and oxygen atoms in total. The molecule has 1 aliphatic heterocycles. The average Bonchev–Trinajstić information content (AvgIpc) is 2.81. The number of barbiturate groups is 1. The van der Waals surface area contributed by atoms with Crippen molar-refractivity contribution < 1.29 is 28.2 Å². The molecule has 0 aliphatic carbocycles. The van der Waals surface area contributed by atoms with Crippen LogP contribution in [0.2, 0.25) is 5.02 Å². The molecule has 0 unspecified atom stereocenters. The third-order valence-corrected chi connectivity index (χ3v) is 6.02. The van der Waals surface area contributed by atoms with Gasteiger partial charge in [0, 0.05) is 10.6 Å². The monoisotopic (exact) mass is 558 g/mol. The minimum Gasteiger partial charge on any atom is -0.493 e. The molecule has 1 fully saturated rings. The molecule has 3 aromatic carbocycles. The normalized spacial score (nSPS) is 14.8. The summed E-state index contributed by atoms with van der Waals surface area (Å²) in [5, 5.41) is 2.66. The number of nitrogens with one attached hydrogen (secondary N) is 1. The zero-order chi connectivity index (χ0) is 25.1. The van der Waals surface area contributed by atoms with E-state index in [2.05, 4.69) is 21.2 Å². The third kappa shape index (κ3) is 5.21. The van der Waals surface area contributed by atoms with Crippen LogP contribution in [0.1, 0.15) is 11.1 Å². The fourth-order valence-corrected chi connectivity index (χ4v) is 4.17. The highest BCUT2D eigenvalue weighted by molar-refractivity contribution is 9.10. The molecule has 3 aromatic rings. The van der Waals surface area contributed by atoms with Crippen LogP contribution in [0.5, 0.6) is 11.5 Å². The highest BCUT2D eigenvalue weighted by Crippen LogP contribution is 2.38. The number of hydrogen-bond acceptors (Lipinski definition) is 5. The van der Waals surface area contributed by atoms with Crippen LogP contribution in [0.4, 0.5) is 14.9 Å². The van der Waals surface area contributed by atoms with Gasteiger partial charge in [0.25, 0.3) is 11.8 Å². The molecule has 0 aromatic heterocycles. The summed E-state index contributed by atoms with van der Waals surface area (Å²) < 4.78 is 25.5. The van der Waals surface area contributed by atoms with E-state index in [9.17, 15) is 18.8 Å². The zero-order valence-electron chi connectivity index (χ0n) is 18.2. The summed E-state index contributed by atoms with van der Waals surface area (Å²) in [4.78, 5) is 38.5. The first-order valence-corrected chi connectivity index (χ1v) is 11.4. The quantitative estimate of drug-likeness (QED) is 0.319. The summed E-state index contributed by atoms with van der Waals surface area (Å²) >= 11 is 9.62. The van der Waals surface area contributed by atoms with Crippen LogP contribution in [0.3, 0.4) is 0 Å². The van der Waals surface area contributed by atoms with Crippen molar-refractivity contribution in [3.8, 4) is 11.5 Å². The number of rotatable bonds is 6. The lowest BCUT2D eigenvalue weighted by molar-refractivity contribution is -0.122. The van der Waals surface area contributed by atoms with Gasteiger partial charge in [0.15, 0.2) is 11.5 Å². The number of imide groups is 2. The Bertz CT molecular complexity index is 1380.